The highest BCUT2D eigenvalue weighted by Crippen LogP contribution is 2.20. The van der Waals surface area contributed by atoms with E-state index in [-0.39, 0.29) is 24.5 Å². The van der Waals surface area contributed by atoms with E-state index in [4.69, 9.17) is 10.5 Å². The number of amides is 2. The molecule has 0 radical (unpaired) electrons. The van der Waals surface area contributed by atoms with Crippen molar-refractivity contribution in [3.63, 3.8) is 0 Å². The Morgan fingerprint density at radius 1 is 1.45 bits per heavy atom. The summed E-state index contributed by atoms with van der Waals surface area (Å²) in [5, 5.41) is 2.94. The lowest BCUT2D eigenvalue weighted by molar-refractivity contribution is -0.148. The summed E-state index contributed by atoms with van der Waals surface area (Å²) in [5.74, 6) is -0.130. The molecule has 2 amide bonds. The first-order chi connectivity index (χ1) is 9.61. The molecule has 0 spiro atoms. The van der Waals surface area contributed by atoms with E-state index < -0.39 is 6.04 Å². The van der Waals surface area contributed by atoms with Crippen molar-refractivity contribution in [1.29, 1.82) is 0 Å². The van der Waals surface area contributed by atoms with E-state index >= 15 is 0 Å². The fourth-order valence-corrected chi connectivity index (χ4v) is 2.46. The minimum Gasteiger partial charge on any atom is -0.377 e. The smallest absolute Gasteiger partial charge is 0.245 e. The van der Waals surface area contributed by atoms with Crippen LogP contribution in [0.3, 0.4) is 0 Å². The molecule has 114 valence electrons. The van der Waals surface area contributed by atoms with Gasteiger partial charge in [0.25, 0.3) is 0 Å². The number of nitrogens with two attached hydrogens (primary N) is 1. The zero-order valence-electron chi connectivity index (χ0n) is 12.1. The lowest BCUT2D eigenvalue weighted by Gasteiger charge is -2.35. The average molecular weight is 283 g/mol. The van der Waals surface area contributed by atoms with Crippen LogP contribution in [0.15, 0.2) is 0 Å². The highest BCUT2D eigenvalue weighted by Gasteiger charge is 2.35. The molecule has 2 aliphatic rings. The van der Waals surface area contributed by atoms with Gasteiger partial charge < -0.3 is 20.7 Å². The maximum atomic E-state index is 12.3. The first kappa shape index (κ1) is 15.3. The molecule has 1 heterocycles. The van der Waals surface area contributed by atoms with Crippen LogP contribution in [-0.4, -0.2) is 54.6 Å². The Balaban J connectivity index is 1.91. The normalized spacial score (nSPS) is 24.3. The lowest BCUT2D eigenvalue weighted by atomic mass is 10.1. The number of morpholine rings is 1. The van der Waals surface area contributed by atoms with Gasteiger partial charge in [0.05, 0.1) is 13.2 Å². The molecule has 2 fully saturated rings. The largest absolute Gasteiger partial charge is 0.377 e. The number of nitrogens with zero attached hydrogens (tertiary/aromatic N) is 1. The number of carbonyl (C=O) groups is 2. The van der Waals surface area contributed by atoms with Crippen molar-refractivity contribution in [2.75, 3.05) is 19.8 Å². The van der Waals surface area contributed by atoms with Crippen LogP contribution < -0.4 is 11.1 Å². The maximum absolute atomic E-state index is 12.3. The Bertz CT molecular complexity index is 358. The number of carbonyl (C=O) groups excluding carboxylic acids is 2. The van der Waals surface area contributed by atoms with Crippen LogP contribution in [0.25, 0.3) is 0 Å². The van der Waals surface area contributed by atoms with Crippen LogP contribution in [0.1, 0.15) is 39.0 Å². The van der Waals surface area contributed by atoms with Gasteiger partial charge in [-0.3, -0.25) is 9.59 Å². The fraction of sp³-hybridized carbons (Fsp3) is 0.857. The SMILES string of the molecule is CCCC(N)CC(=O)N1CCOCC1C(=O)NC1CC1. The van der Waals surface area contributed by atoms with E-state index in [9.17, 15) is 9.59 Å². The van der Waals surface area contributed by atoms with Gasteiger partial charge in [0.15, 0.2) is 0 Å². The molecule has 0 aromatic carbocycles. The first-order valence-electron chi connectivity index (χ1n) is 7.55. The molecule has 2 atom stereocenters. The standard InChI is InChI=1S/C14H25N3O3/c1-2-3-10(15)8-13(18)17-6-7-20-9-12(17)14(19)16-11-4-5-11/h10-12H,2-9,15H2,1H3,(H,16,19). The fourth-order valence-electron chi connectivity index (χ4n) is 2.46. The Labute approximate surface area is 120 Å². The summed E-state index contributed by atoms with van der Waals surface area (Å²) in [6.45, 7) is 3.29. The van der Waals surface area contributed by atoms with Crippen molar-refractivity contribution >= 4 is 11.8 Å². The molecule has 1 saturated heterocycles. The quantitative estimate of drug-likeness (QED) is 0.719. The number of nitrogens with one attached hydrogen (secondary N) is 1. The van der Waals surface area contributed by atoms with E-state index in [0.717, 1.165) is 25.7 Å². The van der Waals surface area contributed by atoms with Crippen LogP contribution in [0.4, 0.5) is 0 Å². The van der Waals surface area contributed by atoms with Gasteiger partial charge in [-0.15, -0.1) is 0 Å². The van der Waals surface area contributed by atoms with Crippen LogP contribution >= 0.6 is 0 Å². The minimum absolute atomic E-state index is 0.0369. The summed E-state index contributed by atoms with van der Waals surface area (Å²) in [6.07, 6.45) is 4.17. The van der Waals surface area contributed by atoms with Gasteiger partial charge in [-0.2, -0.15) is 0 Å². The second-order valence-corrected chi connectivity index (χ2v) is 5.71. The number of rotatable bonds is 6. The van der Waals surface area contributed by atoms with Crippen LogP contribution in [0.5, 0.6) is 0 Å². The molecule has 0 bridgehead atoms. The number of hydrogen-bond acceptors (Lipinski definition) is 4. The molecule has 2 unspecified atom stereocenters. The molecular weight excluding hydrogens is 258 g/mol. The van der Waals surface area contributed by atoms with Gasteiger partial charge in [-0.05, 0) is 19.3 Å². The van der Waals surface area contributed by atoms with Gasteiger partial charge in [0, 0.05) is 25.0 Å². The summed E-state index contributed by atoms with van der Waals surface area (Å²) < 4.78 is 5.35. The van der Waals surface area contributed by atoms with E-state index in [1.165, 1.54) is 0 Å². The zero-order valence-corrected chi connectivity index (χ0v) is 12.1. The maximum Gasteiger partial charge on any atom is 0.245 e. The third-order valence-corrected chi connectivity index (χ3v) is 3.77. The summed E-state index contributed by atoms with van der Waals surface area (Å²) in [7, 11) is 0. The van der Waals surface area contributed by atoms with Gasteiger partial charge in [-0.1, -0.05) is 13.3 Å². The second kappa shape index (κ2) is 7.04. The van der Waals surface area contributed by atoms with Crippen LogP contribution in [-0.2, 0) is 14.3 Å². The van der Waals surface area contributed by atoms with Crippen molar-refractivity contribution < 1.29 is 14.3 Å². The topological polar surface area (TPSA) is 84.7 Å². The third kappa shape index (κ3) is 4.18. The van der Waals surface area contributed by atoms with E-state index in [1.54, 1.807) is 4.90 Å². The van der Waals surface area contributed by atoms with Crippen LogP contribution in [0, 0.1) is 0 Å². The van der Waals surface area contributed by atoms with Crippen molar-refractivity contribution in [3.05, 3.63) is 0 Å². The summed E-state index contributed by atoms with van der Waals surface area (Å²) >= 11 is 0. The second-order valence-electron chi connectivity index (χ2n) is 5.71. The third-order valence-electron chi connectivity index (χ3n) is 3.77. The summed E-state index contributed by atoms with van der Waals surface area (Å²) in [6, 6.07) is -0.322. The Morgan fingerprint density at radius 2 is 2.20 bits per heavy atom. The van der Waals surface area contributed by atoms with Gasteiger partial charge in [0.2, 0.25) is 11.8 Å². The summed E-state index contributed by atoms with van der Waals surface area (Å²) in [4.78, 5) is 26.1. The monoisotopic (exact) mass is 283 g/mol. The molecule has 20 heavy (non-hydrogen) atoms. The highest BCUT2D eigenvalue weighted by molar-refractivity contribution is 5.88. The number of hydrogen-bond donors (Lipinski definition) is 2. The average Bonchev–Trinajstić information content (AvgIpc) is 3.22. The predicted octanol–water partition coefficient (Wildman–Crippen LogP) is 0.00990. The van der Waals surface area contributed by atoms with Crippen LogP contribution in [0.2, 0.25) is 0 Å². The molecule has 0 aromatic rings. The molecule has 6 nitrogen and oxygen atoms in total. The zero-order chi connectivity index (χ0) is 14.5. The van der Waals surface area contributed by atoms with Crippen molar-refractivity contribution in [2.45, 2.75) is 57.2 Å². The Kier molecular flexibility index (Phi) is 5.37. The lowest BCUT2D eigenvalue weighted by Crippen LogP contribution is -2.56. The Morgan fingerprint density at radius 3 is 2.85 bits per heavy atom. The minimum atomic E-state index is -0.495. The molecule has 6 heteroatoms. The molecule has 1 aliphatic heterocycles. The molecule has 3 N–H and O–H groups in total. The van der Waals surface area contributed by atoms with Crippen molar-refractivity contribution in [1.82, 2.24) is 10.2 Å². The first-order valence-corrected chi connectivity index (χ1v) is 7.55. The number of ether oxygens (including phenoxy) is 1. The molecule has 0 aromatic heterocycles. The van der Waals surface area contributed by atoms with Crippen molar-refractivity contribution in [3.8, 4) is 0 Å². The van der Waals surface area contributed by atoms with E-state index in [0.29, 0.717) is 25.6 Å². The van der Waals surface area contributed by atoms with Crippen molar-refractivity contribution in [2.24, 2.45) is 5.73 Å². The van der Waals surface area contributed by atoms with E-state index in [2.05, 4.69) is 5.32 Å². The summed E-state index contributed by atoms with van der Waals surface area (Å²) in [5.41, 5.74) is 5.92. The molecule has 2 rings (SSSR count). The molecule has 1 aliphatic carbocycles. The highest BCUT2D eigenvalue weighted by atomic mass is 16.5. The molecular formula is C14H25N3O3. The molecule has 1 saturated carbocycles. The van der Waals surface area contributed by atoms with Gasteiger partial charge in [-0.25, -0.2) is 0 Å². The Hall–Kier alpha value is -1.14. The van der Waals surface area contributed by atoms with E-state index in [1.807, 2.05) is 6.92 Å². The van der Waals surface area contributed by atoms with Gasteiger partial charge >= 0.3 is 0 Å². The predicted molar refractivity (Wildman–Crippen MR) is 75.0 cm³/mol. The van der Waals surface area contributed by atoms with Gasteiger partial charge in [0.1, 0.15) is 6.04 Å².